The first-order chi connectivity index (χ1) is 6.83. The zero-order chi connectivity index (χ0) is 11.9. The molecule has 0 aromatic carbocycles. The highest BCUT2D eigenvalue weighted by Crippen LogP contribution is 2.06. The Kier molecular flexibility index (Phi) is 5.81. The molecule has 1 unspecified atom stereocenters. The zero-order valence-electron chi connectivity index (χ0n) is 10.4. The van der Waals surface area contributed by atoms with Crippen molar-refractivity contribution in [2.45, 2.75) is 38.8 Å². The summed E-state index contributed by atoms with van der Waals surface area (Å²) in [4.78, 5) is 0. The van der Waals surface area contributed by atoms with Crippen LogP contribution in [0.5, 0.6) is 0 Å². The fourth-order valence-electron chi connectivity index (χ4n) is 0.843. The molecule has 0 aromatic heterocycles. The van der Waals surface area contributed by atoms with E-state index in [9.17, 15) is 0 Å². The van der Waals surface area contributed by atoms with Gasteiger partial charge in [-0.2, -0.15) is 5.26 Å². The Hall–Kier alpha value is -0.630. The Morgan fingerprint density at radius 1 is 1.20 bits per heavy atom. The molecule has 0 spiro atoms. The topological polar surface area (TPSA) is 54.3 Å². The standard InChI is InChI=1S/C11H22N2O2/c1-10(2,3)15-7-6-14-9-11(4,8-12)13-5/h13H,6-7,9H2,1-5H3. The van der Waals surface area contributed by atoms with Gasteiger partial charge in [0.25, 0.3) is 0 Å². The summed E-state index contributed by atoms with van der Waals surface area (Å²) in [7, 11) is 1.75. The molecule has 1 atom stereocenters. The number of hydrogen-bond donors (Lipinski definition) is 1. The summed E-state index contributed by atoms with van der Waals surface area (Å²) in [5.41, 5.74) is -0.743. The zero-order valence-corrected chi connectivity index (χ0v) is 10.4. The molecule has 15 heavy (non-hydrogen) atoms. The lowest BCUT2D eigenvalue weighted by atomic mass is 10.1. The minimum atomic E-state index is -0.609. The van der Waals surface area contributed by atoms with Crippen LogP contribution in [0.2, 0.25) is 0 Å². The molecule has 0 bridgehead atoms. The monoisotopic (exact) mass is 214 g/mol. The summed E-state index contributed by atoms with van der Waals surface area (Å²) in [6, 6.07) is 2.16. The number of ether oxygens (including phenoxy) is 2. The number of nitrogens with one attached hydrogen (secondary N) is 1. The fourth-order valence-corrected chi connectivity index (χ4v) is 0.843. The highest BCUT2D eigenvalue weighted by molar-refractivity contribution is 5.02. The van der Waals surface area contributed by atoms with Gasteiger partial charge in [-0.05, 0) is 34.7 Å². The predicted molar refractivity (Wildman–Crippen MR) is 59.6 cm³/mol. The van der Waals surface area contributed by atoms with E-state index in [1.165, 1.54) is 0 Å². The van der Waals surface area contributed by atoms with Crippen molar-refractivity contribution in [3.05, 3.63) is 0 Å². The molecular formula is C11H22N2O2. The number of likely N-dealkylation sites (N-methyl/N-ethyl adjacent to an activating group) is 1. The third kappa shape index (κ3) is 7.32. The fraction of sp³-hybridized carbons (Fsp3) is 0.909. The molecule has 0 aromatic rings. The summed E-state index contributed by atoms with van der Waals surface area (Å²) >= 11 is 0. The molecule has 0 aliphatic rings. The molecule has 0 aliphatic heterocycles. The maximum absolute atomic E-state index is 8.85. The number of nitriles is 1. The summed E-state index contributed by atoms with van der Waals surface area (Å²) < 4.78 is 10.8. The third-order valence-corrected chi connectivity index (χ3v) is 1.95. The smallest absolute Gasteiger partial charge is 0.127 e. The lowest BCUT2D eigenvalue weighted by Gasteiger charge is -2.22. The third-order valence-electron chi connectivity index (χ3n) is 1.95. The van der Waals surface area contributed by atoms with Crippen molar-refractivity contribution in [1.82, 2.24) is 5.32 Å². The van der Waals surface area contributed by atoms with Gasteiger partial charge >= 0.3 is 0 Å². The van der Waals surface area contributed by atoms with Gasteiger partial charge in [0.2, 0.25) is 0 Å². The molecule has 0 amide bonds. The molecular weight excluding hydrogens is 192 g/mol. The van der Waals surface area contributed by atoms with Crippen molar-refractivity contribution in [3.63, 3.8) is 0 Å². The van der Waals surface area contributed by atoms with Gasteiger partial charge in [0.15, 0.2) is 0 Å². The van der Waals surface area contributed by atoms with Crippen molar-refractivity contribution in [2.24, 2.45) is 0 Å². The lowest BCUT2D eigenvalue weighted by Crippen LogP contribution is -2.43. The van der Waals surface area contributed by atoms with Crippen LogP contribution >= 0.6 is 0 Å². The van der Waals surface area contributed by atoms with Crippen LogP contribution in [0.15, 0.2) is 0 Å². The predicted octanol–water partition coefficient (Wildman–Crippen LogP) is 1.32. The SMILES string of the molecule is CNC(C)(C#N)COCCOC(C)(C)C. The first-order valence-electron chi connectivity index (χ1n) is 5.15. The van der Waals surface area contributed by atoms with Crippen molar-refractivity contribution < 1.29 is 9.47 Å². The molecule has 1 N–H and O–H groups in total. The van der Waals surface area contributed by atoms with Crippen LogP contribution in [0.3, 0.4) is 0 Å². The maximum Gasteiger partial charge on any atom is 0.127 e. The van der Waals surface area contributed by atoms with Gasteiger partial charge in [-0.25, -0.2) is 0 Å². The van der Waals surface area contributed by atoms with Crippen molar-refractivity contribution in [2.75, 3.05) is 26.9 Å². The van der Waals surface area contributed by atoms with E-state index >= 15 is 0 Å². The van der Waals surface area contributed by atoms with Gasteiger partial charge in [0, 0.05) is 0 Å². The average Bonchev–Trinajstić information content (AvgIpc) is 2.15. The Labute approximate surface area is 92.6 Å². The number of nitrogens with zero attached hydrogens (tertiary/aromatic N) is 1. The quantitative estimate of drug-likeness (QED) is 0.677. The van der Waals surface area contributed by atoms with Gasteiger partial charge in [-0.15, -0.1) is 0 Å². The van der Waals surface area contributed by atoms with E-state index in [4.69, 9.17) is 14.7 Å². The van der Waals surface area contributed by atoms with Gasteiger partial charge in [-0.1, -0.05) is 0 Å². The highest BCUT2D eigenvalue weighted by Gasteiger charge is 2.21. The first kappa shape index (κ1) is 14.4. The molecule has 88 valence electrons. The van der Waals surface area contributed by atoms with Gasteiger partial charge in [0.05, 0.1) is 31.5 Å². The van der Waals surface area contributed by atoms with Gasteiger partial charge in [0.1, 0.15) is 5.54 Å². The molecule has 0 heterocycles. The second-order valence-corrected chi connectivity index (χ2v) is 4.71. The second kappa shape index (κ2) is 6.06. The maximum atomic E-state index is 8.85. The normalized spacial score (nSPS) is 15.7. The van der Waals surface area contributed by atoms with E-state index < -0.39 is 5.54 Å². The number of hydrogen-bond acceptors (Lipinski definition) is 4. The van der Waals surface area contributed by atoms with Crippen molar-refractivity contribution in [3.8, 4) is 6.07 Å². The average molecular weight is 214 g/mol. The lowest BCUT2D eigenvalue weighted by molar-refractivity contribution is -0.0391. The molecule has 0 aliphatic carbocycles. The van der Waals surface area contributed by atoms with E-state index in [0.717, 1.165) is 0 Å². The summed E-state index contributed by atoms with van der Waals surface area (Å²) in [5.74, 6) is 0. The largest absolute Gasteiger partial charge is 0.376 e. The molecule has 0 saturated heterocycles. The molecule has 4 heteroatoms. The van der Waals surface area contributed by atoms with Crippen LogP contribution in [0, 0.1) is 11.3 Å². The summed E-state index contributed by atoms with van der Waals surface area (Å²) in [6.45, 7) is 9.23. The van der Waals surface area contributed by atoms with E-state index in [1.54, 1.807) is 14.0 Å². The summed E-state index contributed by atoms with van der Waals surface area (Å²) in [6.07, 6.45) is 0. The molecule has 0 saturated carbocycles. The Morgan fingerprint density at radius 3 is 2.20 bits per heavy atom. The van der Waals surface area contributed by atoms with E-state index in [-0.39, 0.29) is 5.60 Å². The van der Waals surface area contributed by atoms with E-state index in [0.29, 0.717) is 19.8 Å². The Bertz CT molecular complexity index is 218. The van der Waals surface area contributed by atoms with Gasteiger partial charge in [-0.3, -0.25) is 0 Å². The highest BCUT2D eigenvalue weighted by atomic mass is 16.5. The van der Waals surface area contributed by atoms with Crippen LogP contribution in [0.4, 0.5) is 0 Å². The van der Waals surface area contributed by atoms with E-state index in [2.05, 4.69) is 11.4 Å². The van der Waals surface area contributed by atoms with Crippen LogP contribution in [0.1, 0.15) is 27.7 Å². The molecule has 0 rings (SSSR count). The number of rotatable bonds is 6. The molecule has 0 fully saturated rings. The second-order valence-electron chi connectivity index (χ2n) is 4.71. The van der Waals surface area contributed by atoms with Crippen molar-refractivity contribution in [1.29, 1.82) is 5.26 Å². The minimum absolute atomic E-state index is 0.134. The minimum Gasteiger partial charge on any atom is -0.376 e. The van der Waals surface area contributed by atoms with Crippen LogP contribution < -0.4 is 5.32 Å². The Morgan fingerprint density at radius 2 is 1.80 bits per heavy atom. The van der Waals surface area contributed by atoms with Crippen LogP contribution in [0.25, 0.3) is 0 Å². The Balaban J connectivity index is 3.60. The van der Waals surface area contributed by atoms with E-state index in [1.807, 2.05) is 20.8 Å². The molecule has 0 radical (unpaired) electrons. The van der Waals surface area contributed by atoms with Crippen LogP contribution in [-0.4, -0.2) is 38.0 Å². The van der Waals surface area contributed by atoms with Crippen LogP contribution in [-0.2, 0) is 9.47 Å². The van der Waals surface area contributed by atoms with Gasteiger partial charge < -0.3 is 14.8 Å². The first-order valence-corrected chi connectivity index (χ1v) is 5.15. The summed E-state index contributed by atoms with van der Waals surface area (Å²) in [5, 5.41) is 11.8. The van der Waals surface area contributed by atoms with Crippen molar-refractivity contribution >= 4 is 0 Å². The molecule has 4 nitrogen and oxygen atoms in total.